The molecule has 0 fully saturated rings. The minimum Gasteiger partial charge on any atom is -0.480 e. The summed E-state index contributed by atoms with van der Waals surface area (Å²) in [6.45, 7) is 1.78. The number of hydrogen-bond donors (Lipinski definition) is 2. The number of benzene rings is 3. The third-order valence-electron chi connectivity index (χ3n) is 5.08. The highest BCUT2D eigenvalue weighted by Crippen LogP contribution is 2.26. The molecule has 176 valence electrons. The van der Waals surface area contributed by atoms with Crippen LogP contribution in [0.25, 0.3) is 11.1 Å². The van der Waals surface area contributed by atoms with E-state index in [1.54, 1.807) is 18.2 Å². The first-order valence-corrected chi connectivity index (χ1v) is 11.1. The van der Waals surface area contributed by atoms with Crippen molar-refractivity contribution in [2.24, 2.45) is 0 Å². The number of anilines is 2. The molecule has 0 aliphatic heterocycles. The molecule has 0 aliphatic rings. The number of aliphatic carboxylic acids is 1. The lowest BCUT2D eigenvalue weighted by Crippen LogP contribution is -2.41. The van der Waals surface area contributed by atoms with Crippen molar-refractivity contribution >= 4 is 53.0 Å². The van der Waals surface area contributed by atoms with Crippen LogP contribution < -0.4 is 10.2 Å². The van der Waals surface area contributed by atoms with E-state index in [0.29, 0.717) is 22.8 Å². The van der Waals surface area contributed by atoms with Crippen molar-refractivity contribution in [2.75, 3.05) is 16.8 Å². The quantitative estimate of drug-likeness (QED) is 0.350. The molecule has 1 atom stereocenters. The van der Waals surface area contributed by atoms with Gasteiger partial charge in [-0.2, -0.15) is 0 Å². The van der Waals surface area contributed by atoms with E-state index in [1.165, 1.54) is 12.1 Å². The van der Waals surface area contributed by atoms with Gasteiger partial charge in [0, 0.05) is 17.8 Å². The number of aryl methyl sites for hydroxylation is 1. The van der Waals surface area contributed by atoms with Gasteiger partial charge < -0.3 is 14.7 Å². The Morgan fingerprint density at radius 3 is 2.18 bits per heavy atom. The lowest BCUT2D eigenvalue weighted by atomic mass is 10.0. The van der Waals surface area contributed by atoms with Gasteiger partial charge in [0.15, 0.2) is 0 Å². The Labute approximate surface area is 206 Å². The van der Waals surface area contributed by atoms with E-state index in [-0.39, 0.29) is 18.1 Å². The van der Waals surface area contributed by atoms with Gasteiger partial charge in [-0.3, -0.25) is 10.1 Å². The number of ether oxygens (including phenoxy) is 1. The summed E-state index contributed by atoms with van der Waals surface area (Å²) in [6.07, 6.45) is -0.444. The molecular weight excluding hydrogens is 479 g/mol. The summed E-state index contributed by atoms with van der Waals surface area (Å²) in [5, 5.41) is 12.7. The molecule has 0 heterocycles. The van der Waals surface area contributed by atoms with E-state index in [4.69, 9.17) is 27.9 Å². The number of rotatable bonds is 9. The highest BCUT2D eigenvalue weighted by atomic mass is 35.5. The summed E-state index contributed by atoms with van der Waals surface area (Å²) in [5.74, 6) is -1.22. The van der Waals surface area contributed by atoms with Crippen molar-refractivity contribution in [3.8, 4) is 11.1 Å². The van der Waals surface area contributed by atoms with Gasteiger partial charge in [-0.1, -0.05) is 65.2 Å². The molecule has 0 aromatic heterocycles. The van der Waals surface area contributed by atoms with Crippen molar-refractivity contribution in [3.05, 3.63) is 82.3 Å². The van der Waals surface area contributed by atoms with Gasteiger partial charge in [-0.15, -0.1) is 0 Å². The third kappa shape index (κ3) is 6.50. The molecule has 2 N–H and O–H groups in total. The van der Waals surface area contributed by atoms with Crippen LogP contribution >= 0.6 is 23.2 Å². The zero-order valence-electron chi connectivity index (χ0n) is 18.2. The van der Waals surface area contributed by atoms with Gasteiger partial charge in [-0.05, 0) is 48.4 Å². The van der Waals surface area contributed by atoms with E-state index in [2.05, 4.69) is 5.32 Å². The normalized spacial score (nSPS) is 11.4. The van der Waals surface area contributed by atoms with Gasteiger partial charge in [0.25, 0.3) is 0 Å². The summed E-state index contributed by atoms with van der Waals surface area (Å²) in [7, 11) is 0. The van der Waals surface area contributed by atoms with Crippen molar-refractivity contribution in [2.45, 2.75) is 19.4 Å². The predicted molar refractivity (Wildman–Crippen MR) is 133 cm³/mol. The highest BCUT2D eigenvalue weighted by molar-refractivity contribution is 6.42. The molecule has 2 amide bonds. The zero-order valence-corrected chi connectivity index (χ0v) is 19.7. The van der Waals surface area contributed by atoms with Crippen LogP contribution in [-0.2, 0) is 14.3 Å². The summed E-state index contributed by atoms with van der Waals surface area (Å²) in [6, 6.07) is 18.3. The Bertz CT molecular complexity index is 1170. The van der Waals surface area contributed by atoms with Crippen LogP contribution in [0.15, 0.2) is 66.7 Å². The molecule has 3 aromatic rings. The van der Waals surface area contributed by atoms with E-state index < -0.39 is 18.1 Å². The lowest BCUT2D eigenvalue weighted by Gasteiger charge is -2.25. The molecule has 0 saturated heterocycles. The Morgan fingerprint density at radius 2 is 1.62 bits per heavy atom. The first-order chi connectivity index (χ1) is 16.3. The molecule has 0 bridgehead atoms. The van der Waals surface area contributed by atoms with Crippen LogP contribution in [-0.4, -0.2) is 36.2 Å². The van der Waals surface area contributed by atoms with Crippen LogP contribution in [0, 0.1) is 6.92 Å². The second-order valence-electron chi connectivity index (χ2n) is 7.46. The molecule has 9 heteroatoms. The third-order valence-corrected chi connectivity index (χ3v) is 5.81. The smallest absolute Gasteiger partial charge is 0.411 e. The minimum atomic E-state index is -1.22. The monoisotopic (exact) mass is 500 g/mol. The van der Waals surface area contributed by atoms with Crippen molar-refractivity contribution in [3.63, 3.8) is 0 Å². The maximum Gasteiger partial charge on any atom is 0.411 e. The van der Waals surface area contributed by atoms with Gasteiger partial charge in [-0.25, -0.2) is 9.59 Å². The maximum atomic E-state index is 12.0. The fraction of sp³-hybridized carbons (Fsp3) is 0.160. The van der Waals surface area contributed by atoms with E-state index in [1.807, 2.05) is 43.3 Å². The van der Waals surface area contributed by atoms with E-state index >= 15 is 0 Å². The SMILES string of the molecule is Cc1ccc(-c2ccc(N(C=O)[C@@H](CCOC(=O)Nc3ccc(Cl)c(Cl)c3)C(=O)O)cc2)cc1. The zero-order chi connectivity index (χ0) is 24.7. The Balaban J connectivity index is 1.62. The standard InChI is InChI=1S/C25H22Cl2N2O5/c1-16-2-4-17(5-3-16)18-6-9-20(10-7-18)29(15-30)23(24(31)32)12-13-34-25(33)28-19-8-11-21(26)22(27)14-19/h2-11,14-15,23H,12-13H2,1H3,(H,28,33)(H,31,32)/t23-/m0/s1. The molecule has 0 aliphatic carbocycles. The average Bonchev–Trinajstić information content (AvgIpc) is 2.82. The number of nitrogens with zero attached hydrogens (tertiary/aromatic N) is 1. The van der Waals surface area contributed by atoms with Gasteiger partial charge in [0.05, 0.1) is 16.7 Å². The van der Waals surface area contributed by atoms with Crippen LogP contribution in [0.1, 0.15) is 12.0 Å². The number of carbonyl (C=O) groups is 3. The second-order valence-corrected chi connectivity index (χ2v) is 8.27. The number of hydrogen-bond acceptors (Lipinski definition) is 4. The second kappa shape index (κ2) is 11.5. The molecule has 0 saturated carbocycles. The fourth-order valence-electron chi connectivity index (χ4n) is 3.26. The Morgan fingerprint density at radius 1 is 1.00 bits per heavy atom. The molecule has 7 nitrogen and oxygen atoms in total. The molecule has 0 unspecified atom stereocenters. The predicted octanol–water partition coefficient (Wildman–Crippen LogP) is 6.02. The summed E-state index contributed by atoms with van der Waals surface area (Å²) in [5.41, 5.74) is 3.87. The summed E-state index contributed by atoms with van der Waals surface area (Å²) < 4.78 is 5.08. The van der Waals surface area contributed by atoms with E-state index in [0.717, 1.165) is 21.6 Å². The molecule has 3 rings (SSSR count). The number of carboxylic acids is 1. The minimum absolute atomic E-state index is 0.109. The first-order valence-electron chi connectivity index (χ1n) is 10.3. The van der Waals surface area contributed by atoms with Crippen molar-refractivity contribution < 1.29 is 24.2 Å². The number of carboxylic acid groups (broad SMARTS) is 1. The Hall–Kier alpha value is -3.55. The van der Waals surface area contributed by atoms with Gasteiger partial charge in [0.1, 0.15) is 6.04 Å². The van der Waals surface area contributed by atoms with E-state index in [9.17, 15) is 19.5 Å². The van der Waals surface area contributed by atoms with Crippen LogP contribution in [0.2, 0.25) is 10.0 Å². The number of nitrogens with one attached hydrogen (secondary N) is 1. The number of carbonyl (C=O) groups excluding carboxylic acids is 2. The van der Waals surface area contributed by atoms with Gasteiger partial charge in [0.2, 0.25) is 6.41 Å². The topological polar surface area (TPSA) is 95.9 Å². The highest BCUT2D eigenvalue weighted by Gasteiger charge is 2.26. The van der Waals surface area contributed by atoms with Gasteiger partial charge >= 0.3 is 12.1 Å². The first kappa shape index (κ1) is 25.1. The molecule has 0 spiro atoms. The Kier molecular flexibility index (Phi) is 8.51. The lowest BCUT2D eigenvalue weighted by molar-refractivity contribution is -0.139. The van der Waals surface area contributed by atoms with Crippen molar-refractivity contribution in [1.82, 2.24) is 0 Å². The van der Waals surface area contributed by atoms with Crippen LogP contribution in [0.5, 0.6) is 0 Å². The largest absolute Gasteiger partial charge is 0.480 e. The van der Waals surface area contributed by atoms with Crippen molar-refractivity contribution in [1.29, 1.82) is 0 Å². The molecule has 0 radical (unpaired) electrons. The molecular formula is C25H22Cl2N2O5. The van der Waals surface area contributed by atoms with Crippen LogP contribution in [0.3, 0.4) is 0 Å². The summed E-state index contributed by atoms with van der Waals surface area (Å²) in [4.78, 5) is 36.7. The average molecular weight is 501 g/mol. The summed E-state index contributed by atoms with van der Waals surface area (Å²) >= 11 is 11.7. The maximum absolute atomic E-state index is 12.0. The fourth-order valence-corrected chi connectivity index (χ4v) is 3.56. The van der Waals surface area contributed by atoms with Crippen LogP contribution in [0.4, 0.5) is 16.2 Å². The molecule has 3 aromatic carbocycles. The number of amides is 2. The molecule has 34 heavy (non-hydrogen) atoms. The number of halogens is 2.